The van der Waals surface area contributed by atoms with Gasteiger partial charge in [0.05, 0.1) is 5.69 Å². The zero-order valence-corrected chi connectivity index (χ0v) is 16.4. The van der Waals surface area contributed by atoms with Gasteiger partial charge in [-0.05, 0) is 37.1 Å². The van der Waals surface area contributed by atoms with E-state index < -0.39 is 6.10 Å². The van der Waals surface area contributed by atoms with Crippen molar-refractivity contribution in [2.24, 2.45) is 5.84 Å². The van der Waals surface area contributed by atoms with Crippen molar-refractivity contribution in [2.75, 3.05) is 5.23 Å². The van der Waals surface area contributed by atoms with E-state index in [9.17, 15) is 10.0 Å². The number of ether oxygens (including phenoxy) is 1. The summed E-state index contributed by atoms with van der Waals surface area (Å²) in [6.45, 7) is 2.23. The van der Waals surface area contributed by atoms with Crippen LogP contribution in [0.15, 0.2) is 24.3 Å². The minimum absolute atomic E-state index is 0.0943. The molecule has 0 aliphatic rings. The Kier molecular flexibility index (Phi) is 12.3. The van der Waals surface area contributed by atoms with Crippen LogP contribution in [0, 0.1) is 5.21 Å². The van der Waals surface area contributed by atoms with E-state index >= 15 is 0 Å². The molecule has 7 heteroatoms. The highest BCUT2D eigenvalue weighted by molar-refractivity contribution is 5.80. The molecule has 0 spiro atoms. The maximum absolute atomic E-state index is 11.9. The average molecular weight is 381 g/mol. The van der Waals surface area contributed by atoms with E-state index in [1.54, 1.807) is 0 Å². The van der Waals surface area contributed by atoms with E-state index in [2.05, 4.69) is 12.3 Å². The van der Waals surface area contributed by atoms with Crippen molar-refractivity contribution < 1.29 is 14.7 Å². The maximum Gasteiger partial charge on any atom is 0.274 e. The number of anilines is 1. The minimum atomic E-state index is -0.674. The highest BCUT2D eigenvalue weighted by Gasteiger charge is 2.19. The number of amides is 1. The zero-order valence-electron chi connectivity index (χ0n) is 16.4. The van der Waals surface area contributed by atoms with Crippen LogP contribution in [0.4, 0.5) is 5.69 Å². The quantitative estimate of drug-likeness (QED) is 0.180. The Morgan fingerprint density at radius 2 is 1.59 bits per heavy atom. The summed E-state index contributed by atoms with van der Waals surface area (Å²) in [6, 6.07) is 5.90. The SMILES string of the molecule is CCCCCCCCCCCC[C@@H](Oc1ccc(N([O-])O)cc1)C(=O)NN. The Hall–Kier alpha value is -1.83. The standard InChI is InChI=1S/C20H34N3O4/c1-2-3-4-5-6-7-8-9-10-11-12-19(20(24)22-21)27-18-15-13-17(14-16-18)23(25)26/h13-16,19,25H,2-12,21H2,1H3,(H,22,24)/q-1/t19-/m1/s1. The van der Waals surface area contributed by atoms with Gasteiger partial charge >= 0.3 is 0 Å². The molecular formula is C20H34N3O4-. The van der Waals surface area contributed by atoms with Gasteiger partial charge in [0.2, 0.25) is 0 Å². The lowest BCUT2D eigenvalue weighted by molar-refractivity contribution is -0.128. The summed E-state index contributed by atoms with van der Waals surface area (Å²) in [7, 11) is 0. The number of carbonyl (C=O) groups is 1. The molecule has 0 aromatic heterocycles. The van der Waals surface area contributed by atoms with Gasteiger partial charge < -0.3 is 15.2 Å². The summed E-state index contributed by atoms with van der Waals surface area (Å²) in [5.74, 6) is 5.32. The van der Waals surface area contributed by atoms with Gasteiger partial charge in [0.15, 0.2) is 6.10 Å². The Morgan fingerprint density at radius 3 is 2.07 bits per heavy atom. The van der Waals surface area contributed by atoms with Crippen LogP contribution in [0.25, 0.3) is 0 Å². The molecule has 0 fully saturated rings. The highest BCUT2D eigenvalue weighted by atomic mass is 16.8. The molecule has 7 nitrogen and oxygen atoms in total. The summed E-state index contributed by atoms with van der Waals surface area (Å²) in [4.78, 5) is 11.9. The molecule has 0 bridgehead atoms. The summed E-state index contributed by atoms with van der Waals surface area (Å²) >= 11 is 0. The molecule has 1 atom stereocenters. The van der Waals surface area contributed by atoms with E-state index in [0.717, 1.165) is 19.3 Å². The Labute approximate surface area is 162 Å². The van der Waals surface area contributed by atoms with E-state index in [1.807, 2.05) is 0 Å². The van der Waals surface area contributed by atoms with Crippen molar-refractivity contribution in [1.82, 2.24) is 5.43 Å². The topological polar surface area (TPSA) is 111 Å². The lowest BCUT2D eigenvalue weighted by Gasteiger charge is -2.22. The van der Waals surface area contributed by atoms with Crippen LogP contribution in [-0.4, -0.2) is 17.2 Å². The molecule has 0 aliphatic heterocycles. The van der Waals surface area contributed by atoms with Crippen LogP contribution in [0.2, 0.25) is 0 Å². The number of carbonyl (C=O) groups excluding carboxylic acids is 1. The molecule has 1 amide bonds. The number of nitrogens with two attached hydrogens (primary N) is 1. The second-order valence-electron chi connectivity index (χ2n) is 6.85. The Bertz CT molecular complexity index is 508. The predicted octanol–water partition coefficient (Wildman–Crippen LogP) is 4.43. The molecule has 4 N–H and O–H groups in total. The van der Waals surface area contributed by atoms with Crippen molar-refractivity contribution in [3.8, 4) is 5.75 Å². The van der Waals surface area contributed by atoms with Gasteiger partial charge in [-0.1, -0.05) is 64.7 Å². The number of rotatable bonds is 15. The predicted molar refractivity (Wildman–Crippen MR) is 107 cm³/mol. The minimum Gasteiger partial charge on any atom is -0.733 e. The molecule has 154 valence electrons. The van der Waals surface area contributed by atoms with Crippen LogP contribution >= 0.6 is 0 Å². The van der Waals surface area contributed by atoms with Gasteiger partial charge in [0, 0.05) is 0 Å². The normalized spacial score (nSPS) is 11.9. The van der Waals surface area contributed by atoms with Crippen LogP contribution in [-0.2, 0) is 4.79 Å². The third kappa shape index (κ3) is 10.2. The fraction of sp³-hybridized carbons (Fsp3) is 0.650. The van der Waals surface area contributed by atoms with Gasteiger partial charge in [0.1, 0.15) is 5.75 Å². The third-order valence-electron chi connectivity index (χ3n) is 4.59. The number of unbranched alkanes of at least 4 members (excludes halogenated alkanes) is 9. The molecule has 1 aromatic carbocycles. The summed E-state index contributed by atoms with van der Waals surface area (Å²) in [5, 5.41) is 19.4. The first-order valence-electron chi connectivity index (χ1n) is 10.0. The van der Waals surface area contributed by atoms with Crippen molar-refractivity contribution in [1.29, 1.82) is 0 Å². The first kappa shape index (κ1) is 23.2. The second-order valence-corrected chi connectivity index (χ2v) is 6.85. The molecule has 0 saturated heterocycles. The van der Waals surface area contributed by atoms with Crippen LogP contribution in [0.1, 0.15) is 77.6 Å². The summed E-state index contributed by atoms with van der Waals surface area (Å²) in [5.41, 5.74) is 2.23. The fourth-order valence-electron chi connectivity index (χ4n) is 2.97. The number of hydrogen-bond acceptors (Lipinski definition) is 6. The molecule has 0 unspecified atom stereocenters. The molecule has 0 heterocycles. The lowest BCUT2D eigenvalue weighted by atomic mass is 10.0. The van der Waals surface area contributed by atoms with Crippen molar-refractivity contribution >= 4 is 11.6 Å². The molecule has 0 saturated carbocycles. The fourth-order valence-corrected chi connectivity index (χ4v) is 2.97. The average Bonchev–Trinajstić information content (AvgIpc) is 2.68. The Balaban J connectivity index is 2.27. The molecule has 1 rings (SSSR count). The van der Waals surface area contributed by atoms with Crippen molar-refractivity contribution in [3.63, 3.8) is 0 Å². The number of nitrogens with zero attached hydrogens (tertiary/aromatic N) is 1. The lowest BCUT2D eigenvalue weighted by Crippen LogP contribution is -2.42. The monoisotopic (exact) mass is 380 g/mol. The number of hydrazine groups is 1. The molecule has 0 aliphatic carbocycles. The van der Waals surface area contributed by atoms with E-state index in [4.69, 9.17) is 15.8 Å². The van der Waals surface area contributed by atoms with Crippen molar-refractivity contribution in [2.45, 2.75) is 83.7 Å². The number of benzene rings is 1. The summed E-state index contributed by atoms with van der Waals surface area (Å²) in [6.07, 6.45) is 12.1. The molecule has 27 heavy (non-hydrogen) atoms. The van der Waals surface area contributed by atoms with Gasteiger partial charge in [-0.15, -0.1) is 0 Å². The van der Waals surface area contributed by atoms with Gasteiger partial charge in [-0.25, -0.2) is 5.84 Å². The number of hydrogen-bond donors (Lipinski definition) is 3. The van der Waals surface area contributed by atoms with E-state index in [1.165, 1.54) is 69.2 Å². The van der Waals surface area contributed by atoms with Crippen LogP contribution in [0.3, 0.4) is 0 Å². The highest BCUT2D eigenvalue weighted by Crippen LogP contribution is 2.20. The first-order chi connectivity index (χ1) is 13.1. The summed E-state index contributed by atoms with van der Waals surface area (Å²) < 4.78 is 5.69. The Morgan fingerprint density at radius 1 is 1.07 bits per heavy atom. The maximum atomic E-state index is 11.9. The largest absolute Gasteiger partial charge is 0.733 e. The third-order valence-corrected chi connectivity index (χ3v) is 4.59. The first-order valence-corrected chi connectivity index (χ1v) is 10.0. The number of nitrogens with one attached hydrogen (secondary N) is 1. The zero-order chi connectivity index (χ0) is 19.9. The van der Waals surface area contributed by atoms with E-state index in [0.29, 0.717) is 12.2 Å². The molecular weight excluding hydrogens is 346 g/mol. The van der Waals surface area contributed by atoms with E-state index in [-0.39, 0.29) is 16.8 Å². The van der Waals surface area contributed by atoms with Gasteiger partial charge in [-0.2, -0.15) is 0 Å². The van der Waals surface area contributed by atoms with Crippen LogP contribution in [0.5, 0.6) is 5.75 Å². The smallest absolute Gasteiger partial charge is 0.274 e. The molecule has 0 radical (unpaired) electrons. The van der Waals surface area contributed by atoms with Gasteiger partial charge in [0.25, 0.3) is 5.91 Å². The molecule has 1 aromatic rings. The van der Waals surface area contributed by atoms with Crippen molar-refractivity contribution in [3.05, 3.63) is 29.5 Å². The van der Waals surface area contributed by atoms with Crippen LogP contribution < -0.4 is 21.2 Å². The second kappa shape index (κ2) is 14.3. The van der Waals surface area contributed by atoms with Gasteiger partial charge in [-0.3, -0.25) is 15.4 Å².